The summed E-state index contributed by atoms with van der Waals surface area (Å²) in [6.45, 7) is 8.25. The molecule has 0 fully saturated rings. The van der Waals surface area contributed by atoms with Crippen molar-refractivity contribution >= 4 is 11.9 Å². The smallest absolute Gasteiger partial charge is 0.312 e. The molecule has 0 saturated carbocycles. The summed E-state index contributed by atoms with van der Waals surface area (Å²) in [5, 5.41) is 5.39. The Morgan fingerprint density at radius 1 is 1.06 bits per heavy atom. The molecule has 0 aromatic carbocycles. The van der Waals surface area contributed by atoms with Gasteiger partial charge in [0, 0.05) is 6.04 Å². The van der Waals surface area contributed by atoms with E-state index in [2.05, 4.69) is 24.5 Å². The van der Waals surface area contributed by atoms with Gasteiger partial charge in [-0.2, -0.15) is 0 Å². The third-order valence-corrected chi connectivity index (χ3v) is 2.78. The third-order valence-electron chi connectivity index (χ3n) is 2.78. The van der Waals surface area contributed by atoms with E-state index in [1.807, 2.05) is 13.8 Å². The van der Waals surface area contributed by atoms with Crippen LogP contribution in [0.1, 0.15) is 53.4 Å². The first-order valence-electron chi connectivity index (χ1n) is 6.73. The lowest BCUT2D eigenvalue weighted by atomic mass is 10.0. The Labute approximate surface area is 110 Å². The van der Waals surface area contributed by atoms with Crippen molar-refractivity contribution in [3.05, 3.63) is 0 Å². The van der Waals surface area contributed by atoms with Crippen LogP contribution in [0.15, 0.2) is 0 Å². The number of nitrogens with two attached hydrogens (primary N) is 1. The predicted molar refractivity (Wildman–Crippen MR) is 73.1 cm³/mol. The molecule has 0 spiro atoms. The van der Waals surface area contributed by atoms with Crippen LogP contribution in [0, 0.1) is 5.92 Å². The van der Waals surface area contributed by atoms with E-state index in [1.165, 1.54) is 0 Å². The van der Waals surface area contributed by atoms with E-state index in [9.17, 15) is 9.59 Å². The van der Waals surface area contributed by atoms with E-state index in [1.54, 1.807) is 0 Å². The van der Waals surface area contributed by atoms with Crippen molar-refractivity contribution in [3.63, 3.8) is 0 Å². The largest absolute Gasteiger partial charge is 0.352 e. The van der Waals surface area contributed by atoms with Gasteiger partial charge >= 0.3 is 6.03 Å². The number of hydrogen-bond donors (Lipinski definition) is 3. The first-order chi connectivity index (χ1) is 8.36. The van der Waals surface area contributed by atoms with Crippen LogP contribution >= 0.6 is 0 Å². The highest BCUT2D eigenvalue weighted by Crippen LogP contribution is 2.07. The van der Waals surface area contributed by atoms with Crippen LogP contribution < -0.4 is 16.4 Å². The zero-order valence-electron chi connectivity index (χ0n) is 12.0. The molecule has 5 heteroatoms. The summed E-state index contributed by atoms with van der Waals surface area (Å²) < 4.78 is 0. The summed E-state index contributed by atoms with van der Waals surface area (Å²) in [5.41, 5.74) is 5.06. The Kier molecular flexibility index (Phi) is 8.16. The number of primary amides is 1. The first-order valence-corrected chi connectivity index (χ1v) is 6.73. The van der Waals surface area contributed by atoms with Crippen LogP contribution in [-0.2, 0) is 4.79 Å². The van der Waals surface area contributed by atoms with Gasteiger partial charge in [0.2, 0.25) is 5.91 Å². The summed E-state index contributed by atoms with van der Waals surface area (Å²) in [5.74, 6) is 0.478. The third kappa shape index (κ3) is 7.92. The Balaban J connectivity index is 4.19. The number of carbonyl (C=O) groups is 2. The average Bonchev–Trinajstić information content (AvgIpc) is 2.25. The highest BCUT2D eigenvalue weighted by molar-refractivity contribution is 5.86. The van der Waals surface area contributed by atoms with Crippen molar-refractivity contribution in [2.45, 2.75) is 65.5 Å². The van der Waals surface area contributed by atoms with Crippen LogP contribution in [0.3, 0.4) is 0 Å². The second kappa shape index (κ2) is 8.78. The minimum absolute atomic E-state index is 0.119. The molecule has 0 heterocycles. The molecule has 0 aromatic heterocycles. The number of hydrogen-bond acceptors (Lipinski definition) is 2. The van der Waals surface area contributed by atoms with E-state index in [0.717, 1.165) is 19.3 Å². The van der Waals surface area contributed by atoms with Crippen LogP contribution in [0.2, 0.25) is 0 Å². The molecule has 2 atom stereocenters. The highest BCUT2D eigenvalue weighted by Gasteiger charge is 2.20. The van der Waals surface area contributed by atoms with Crippen molar-refractivity contribution in [2.75, 3.05) is 0 Å². The number of nitrogens with one attached hydrogen (secondary N) is 2. The monoisotopic (exact) mass is 257 g/mol. The molecule has 18 heavy (non-hydrogen) atoms. The van der Waals surface area contributed by atoms with E-state index >= 15 is 0 Å². The molecule has 4 N–H and O–H groups in total. The number of rotatable bonds is 8. The van der Waals surface area contributed by atoms with E-state index in [4.69, 9.17) is 5.73 Å². The van der Waals surface area contributed by atoms with Crippen LogP contribution in [0.5, 0.6) is 0 Å². The van der Waals surface area contributed by atoms with E-state index in [0.29, 0.717) is 12.3 Å². The molecule has 5 nitrogen and oxygen atoms in total. The van der Waals surface area contributed by atoms with Gasteiger partial charge in [0.25, 0.3) is 0 Å². The quantitative estimate of drug-likeness (QED) is 0.619. The topological polar surface area (TPSA) is 84.2 Å². The van der Waals surface area contributed by atoms with E-state index < -0.39 is 12.1 Å². The molecular weight excluding hydrogens is 230 g/mol. The first kappa shape index (κ1) is 16.7. The van der Waals surface area contributed by atoms with Gasteiger partial charge in [-0.3, -0.25) is 4.79 Å². The fourth-order valence-electron chi connectivity index (χ4n) is 1.73. The summed E-state index contributed by atoms with van der Waals surface area (Å²) in [7, 11) is 0. The van der Waals surface area contributed by atoms with Gasteiger partial charge in [-0.25, -0.2) is 4.79 Å². The maximum Gasteiger partial charge on any atom is 0.312 e. The summed E-state index contributed by atoms with van der Waals surface area (Å²) in [6, 6.07) is -1.05. The molecular formula is C13H27N3O2. The van der Waals surface area contributed by atoms with Crippen LogP contribution in [-0.4, -0.2) is 24.0 Å². The maximum atomic E-state index is 11.9. The molecule has 0 aromatic rings. The maximum absolute atomic E-state index is 11.9. The Morgan fingerprint density at radius 2 is 1.67 bits per heavy atom. The van der Waals surface area contributed by atoms with Gasteiger partial charge in [-0.15, -0.1) is 0 Å². The lowest BCUT2D eigenvalue weighted by molar-refractivity contribution is -0.123. The second-order valence-corrected chi connectivity index (χ2v) is 5.23. The van der Waals surface area contributed by atoms with Gasteiger partial charge in [0.15, 0.2) is 0 Å². The predicted octanol–water partition coefficient (Wildman–Crippen LogP) is 1.76. The van der Waals surface area contributed by atoms with Crippen LogP contribution in [0.25, 0.3) is 0 Å². The number of amides is 3. The van der Waals surface area contributed by atoms with Crippen LogP contribution in [0.4, 0.5) is 4.79 Å². The van der Waals surface area contributed by atoms with Crippen molar-refractivity contribution < 1.29 is 9.59 Å². The Bertz CT molecular complexity index is 267. The van der Waals surface area contributed by atoms with Gasteiger partial charge in [-0.1, -0.05) is 27.2 Å². The minimum Gasteiger partial charge on any atom is -0.352 e. The summed E-state index contributed by atoms with van der Waals surface area (Å²) in [4.78, 5) is 22.8. The lowest BCUT2D eigenvalue weighted by Crippen LogP contribution is -2.50. The lowest BCUT2D eigenvalue weighted by Gasteiger charge is -2.20. The SMILES string of the molecule is CCCC(NC(N)=O)C(=O)NC(C)CCC(C)C. The molecule has 0 bridgehead atoms. The van der Waals surface area contributed by atoms with Gasteiger partial charge in [0.05, 0.1) is 0 Å². The summed E-state index contributed by atoms with van der Waals surface area (Å²) >= 11 is 0. The molecule has 0 aliphatic rings. The minimum atomic E-state index is -0.654. The summed E-state index contributed by atoms with van der Waals surface area (Å²) in [6.07, 6.45) is 3.44. The molecule has 3 amide bonds. The molecule has 0 saturated heterocycles. The average molecular weight is 257 g/mol. The van der Waals surface area contributed by atoms with Crippen molar-refractivity contribution in [3.8, 4) is 0 Å². The van der Waals surface area contributed by atoms with Crippen molar-refractivity contribution in [1.29, 1.82) is 0 Å². The zero-order chi connectivity index (χ0) is 14.1. The van der Waals surface area contributed by atoms with E-state index in [-0.39, 0.29) is 11.9 Å². The van der Waals surface area contributed by atoms with Gasteiger partial charge in [0.1, 0.15) is 6.04 Å². The molecule has 0 rings (SSSR count). The Hall–Kier alpha value is -1.26. The fourth-order valence-corrected chi connectivity index (χ4v) is 1.73. The molecule has 0 aliphatic carbocycles. The molecule has 0 radical (unpaired) electrons. The second-order valence-electron chi connectivity index (χ2n) is 5.23. The van der Waals surface area contributed by atoms with Gasteiger partial charge in [-0.05, 0) is 32.1 Å². The highest BCUT2D eigenvalue weighted by atomic mass is 16.2. The number of carbonyl (C=O) groups excluding carboxylic acids is 2. The normalized spacial score (nSPS) is 14.1. The molecule has 106 valence electrons. The van der Waals surface area contributed by atoms with Crippen molar-refractivity contribution in [2.24, 2.45) is 11.7 Å². The molecule has 2 unspecified atom stereocenters. The fraction of sp³-hybridized carbons (Fsp3) is 0.846. The molecule has 0 aliphatic heterocycles. The van der Waals surface area contributed by atoms with Crippen molar-refractivity contribution in [1.82, 2.24) is 10.6 Å². The van der Waals surface area contributed by atoms with Gasteiger partial charge < -0.3 is 16.4 Å². The number of urea groups is 1. The standard InChI is InChI=1S/C13H27N3O2/c1-5-6-11(16-13(14)18)12(17)15-10(4)8-7-9(2)3/h9-11H,5-8H2,1-4H3,(H,15,17)(H3,14,16,18). The zero-order valence-corrected chi connectivity index (χ0v) is 12.0. The Morgan fingerprint density at radius 3 is 2.11 bits per heavy atom.